The fourth-order valence-corrected chi connectivity index (χ4v) is 1.85. The Balaban J connectivity index is 2.22. The van der Waals surface area contributed by atoms with Crippen LogP contribution in [0.4, 0.5) is 11.6 Å². The summed E-state index contributed by atoms with van der Waals surface area (Å²) in [5, 5.41) is 6.02. The zero-order valence-electron chi connectivity index (χ0n) is 11.3. The Bertz CT molecular complexity index is 630. The first kappa shape index (κ1) is 14.3. The molecule has 0 radical (unpaired) electrons. The van der Waals surface area contributed by atoms with Gasteiger partial charge in [0.2, 0.25) is 0 Å². The molecule has 0 saturated carbocycles. The van der Waals surface area contributed by atoms with Crippen molar-refractivity contribution in [3.63, 3.8) is 0 Å². The summed E-state index contributed by atoms with van der Waals surface area (Å²) in [5.74, 6) is 0.703. The lowest BCUT2D eigenvalue weighted by Gasteiger charge is -2.08. The van der Waals surface area contributed by atoms with Crippen molar-refractivity contribution >= 4 is 29.1 Å². The van der Waals surface area contributed by atoms with Gasteiger partial charge in [-0.05, 0) is 43.7 Å². The van der Waals surface area contributed by atoms with Crippen LogP contribution in [0.1, 0.15) is 23.0 Å². The number of carbonyl (C=O) groups is 1. The lowest BCUT2D eigenvalue weighted by molar-refractivity contribution is 0.102. The van der Waals surface area contributed by atoms with Crippen molar-refractivity contribution < 1.29 is 4.79 Å². The van der Waals surface area contributed by atoms with E-state index in [0.717, 1.165) is 12.1 Å². The molecular formula is C14H15ClN4O. The molecule has 6 heteroatoms. The van der Waals surface area contributed by atoms with Gasteiger partial charge in [0.15, 0.2) is 0 Å². The molecule has 2 N–H and O–H groups in total. The van der Waals surface area contributed by atoms with Crippen LogP contribution in [0.2, 0.25) is 5.02 Å². The molecule has 20 heavy (non-hydrogen) atoms. The Morgan fingerprint density at radius 3 is 2.80 bits per heavy atom. The van der Waals surface area contributed by atoms with Gasteiger partial charge in [0.05, 0.1) is 5.02 Å². The number of hydrogen-bond donors (Lipinski definition) is 2. The molecule has 0 aromatic carbocycles. The van der Waals surface area contributed by atoms with Crippen LogP contribution in [0.25, 0.3) is 0 Å². The quantitative estimate of drug-likeness (QED) is 0.908. The van der Waals surface area contributed by atoms with E-state index in [1.807, 2.05) is 19.9 Å². The number of anilines is 2. The predicted octanol–water partition coefficient (Wildman–Crippen LogP) is 3.12. The summed E-state index contributed by atoms with van der Waals surface area (Å²) in [6.07, 6.45) is 1.63. The molecule has 2 rings (SSSR count). The number of rotatable bonds is 4. The van der Waals surface area contributed by atoms with Crippen LogP contribution in [-0.4, -0.2) is 22.4 Å². The van der Waals surface area contributed by atoms with Gasteiger partial charge in [0.1, 0.15) is 17.3 Å². The molecular weight excluding hydrogens is 276 g/mol. The van der Waals surface area contributed by atoms with Crippen molar-refractivity contribution in [3.05, 3.63) is 46.7 Å². The lowest BCUT2D eigenvalue weighted by Crippen LogP contribution is -2.16. The Hall–Kier alpha value is -2.14. The predicted molar refractivity (Wildman–Crippen MR) is 80.3 cm³/mol. The van der Waals surface area contributed by atoms with Crippen LogP contribution >= 0.6 is 11.6 Å². The topological polar surface area (TPSA) is 66.9 Å². The Labute approximate surface area is 122 Å². The zero-order chi connectivity index (χ0) is 14.5. The summed E-state index contributed by atoms with van der Waals surface area (Å²) in [6, 6.07) is 7.01. The van der Waals surface area contributed by atoms with Gasteiger partial charge in [-0.1, -0.05) is 11.6 Å². The highest BCUT2D eigenvalue weighted by Crippen LogP contribution is 2.18. The van der Waals surface area contributed by atoms with Crippen LogP contribution in [0, 0.1) is 6.92 Å². The Morgan fingerprint density at radius 1 is 1.30 bits per heavy atom. The number of hydrogen-bond acceptors (Lipinski definition) is 4. The smallest absolute Gasteiger partial charge is 0.277 e. The molecule has 0 saturated heterocycles. The second-order valence-electron chi connectivity index (χ2n) is 4.23. The van der Waals surface area contributed by atoms with E-state index in [9.17, 15) is 4.79 Å². The Morgan fingerprint density at radius 2 is 2.10 bits per heavy atom. The summed E-state index contributed by atoms with van der Waals surface area (Å²) in [6.45, 7) is 4.59. The fourth-order valence-electron chi connectivity index (χ4n) is 1.66. The molecule has 0 aliphatic carbocycles. The molecule has 0 spiro atoms. The number of carbonyl (C=O) groups excluding carboxylic acids is 1. The third-order valence-corrected chi connectivity index (χ3v) is 2.88. The molecule has 5 nitrogen and oxygen atoms in total. The summed E-state index contributed by atoms with van der Waals surface area (Å²) in [7, 11) is 0. The average Bonchev–Trinajstić information content (AvgIpc) is 2.41. The van der Waals surface area contributed by atoms with Gasteiger partial charge in [-0.25, -0.2) is 9.97 Å². The first-order valence-electron chi connectivity index (χ1n) is 6.24. The van der Waals surface area contributed by atoms with Gasteiger partial charge >= 0.3 is 0 Å². The largest absolute Gasteiger partial charge is 0.370 e. The monoisotopic (exact) mass is 290 g/mol. The van der Waals surface area contributed by atoms with E-state index in [2.05, 4.69) is 20.6 Å². The van der Waals surface area contributed by atoms with Crippen molar-refractivity contribution in [1.82, 2.24) is 9.97 Å². The van der Waals surface area contributed by atoms with E-state index in [1.165, 1.54) is 0 Å². The summed E-state index contributed by atoms with van der Waals surface area (Å²) < 4.78 is 0. The van der Waals surface area contributed by atoms with Gasteiger partial charge < -0.3 is 10.6 Å². The number of amides is 1. The van der Waals surface area contributed by atoms with E-state index in [4.69, 9.17) is 11.6 Å². The number of halogens is 1. The minimum atomic E-state index is -0.382. The zero-order valence-corrected chi connectivity index (χ0v) is 12.0. The lowest BCUT2D eigenvalue weighted by atomic mass is 10.3. The van der Waals surface area contributed by atoms with Crippen LogP contribution in [0.3, 0.4) is 0 Å². The minimum absolute atomic E-state index is 0.174. The molecule has 2 aromatic rings. The van der Waals surface area contributed by atoms with Crippen molar-refractivity contribution in [2.45, 2.75) is 13.8 Å². The maximum Gasteiger partial charge on any atom is 0.277 e. The third kappa shape index (κ3) is 3.45. The molecule has 2 heterocycles. The molecule has 0 atom stereocenters. The van der Waals surface area contributed by atoms with E-state index in [1.54, 1.807) is 24.4 Å². The average molecular weight is 291 g/mol. The van der Waals surface area contributed by atoms with Gasteiger partial charge in [0.25, 0.3) is 5.91 Å². The van der Waals surface area contributed by atoms with Gasteiger partial charge in [0, 0.05) is 12.7 Å². The van der Waals surface area contributed by atoms with Crippen molar-refractivity contribution in [2.75, 3.05) is 17.2 Å². The first-order chi connectivity index (χ1) is 9.60. The standard InChI is InChI=1S/C14H15ClN4O/c1-3-16-11-5-4-10(15)13(18-11)14(20)19-12-8-9(2)6-7-17-12/h4-8H,3H2,1-2H3,(H,16,18)(H,17,19,20). The molecule has 0 unspecified atom stereocenters. The highest BCUT2D eigenvalue weighted by atomic mass is 35.5. The number of aryl methyl sites for hydroxylation is 1. The second kappa shape index (κ2) is 6.34. The fraction of sp³-hybridized carbons (Fsp3) is 0.214. The van der Waals surface area contributed by atoms with Gasteiger partial charge in [-0.15, -0.1) is 0 Å². The highest BCUT2D eigenvalue weighted by Gasteiger charge is 2.14. The third-order valence-electron chi connectivity index (χ3n) is 2.58. The Kier molecular flexibility index (Phi) is 4.53. The van der Waals surface area contributed by atoms with Crippen LogP contribution in [0.5, 0.6) is 0 Å². The summed E-state index contributed by atoms with van der Waals surface area (Å²) in [5.41, 5.74) is 1.18. The number of nitrogens with one attached hydrogen (secondary N) is 2. The second-order valence-corrected chi connectivity index (χ2v) is 4.64. The molecule has 104 valence electrons. The molecule has 0 aliphatic rings. The number of aromatic nitrogens is 2. The summed E-state index contributed by atoms with van der Waals surface area (Å²) >= 11 is 6.02. The van der Waals surface area contributed by atoms with Gasteiger partial charge in [-0.2, -0.15) is 0 Å². The van der Waals surface area contributed by atoms with E-state index < -0.39 is 0 Å². The maximum atomic E-state index is 12.2. The maximum absolute atomic E-state index is 12.2. The van der Waals surface area contributed by atoms with E-state index in [-0.39, 0.29) is 11.6 Å². The van der Waals surface area contributed by atoms with Crippen molar-refractivity contribution in [2.24, 2.45) is 0 Å². The van der Waals surface area contributed by atoms with Crippen LogP contribution in [-0.2, 0) is 0 Å². The van der Waals surface area contributed by atoms with Crippen LogP contribution in [0.15, 0.2) is 30.5 Å². The number of nitrogens with zero attached hydrogens (tertiary/aromatic N) is 2. The van der Waals surface area contributed by atoms with Crippen molar-refractivity contribution in [3.8, 4) is 0 Å². The summed E-state index contributed by atoms with van der Waals surface area (Å²) in [4.78, 5) is 20.4. The van der Waals surface area contributed by atoms with Crippen molar-refractivity contribution in [1.29, 1.82) is 0 Å². The number of pyridine rings is 2. The normalized spacial score (nSPS) is 10.2. The molecule has 0 bridgehead atoms. The van der Waals surface area contributed by atoms with Gasteiger partial charge in [-0.3, -0.25) is 4.79 Å². The molecule has 2 aromatic heterocycles. The first-order valence-corrected chi connectivity index (χ1v) is 6.62. The molecule has 0 aliphatic heterocycles. The minimum Gasteiger partial charge on any atom is -0.370 e. The molecule has 1 amide bonds. The molecule has 0 fully saturated rings. The highest BCUT2D eigenvalue weighted by molar-refractivity contribution is 6.34. The van der Waals surface area contributed by atoms with E-state index in [0.29, 0.717) is 16.7 Å². The van der Waals surface area contributed by atoms with E-state index >= 15 is 0 Å². The van der Waals surface area contributed by atoms with Crippen LogP contribution < -0.4 is 10.6 Å². The SMILES string of the molecule is CCNc1ccc(Cl)c(C(=O)Nc2cc(C)ccn2)n1.